The number of hydrogen-bond donors (Lipinski definition) is 2. The molecule has 1 aliphatic heterocycles. The van der Waals surface area contributed by atoms with Gasteiger partial charge < -0.3 is 10.2 Å². The lowest BCUT2D eigenvalue weighted by atomic mass is 9.84. The van der Waals surface area contributed by atoms with Crippen molar-refractivity contribution in [3.05, 3.63) is 62.6 Å². The minimum atomic E-state index is -3.68. The van der Waals surface area contributed by atoms with E-state index >= 15 is 0 Å². The van der Waals surface area contributed by atoms with E-state index < -0.39 is 14.9 Å². The van der Waals surface area contributed by atoms with Gasteiger partial charge in [0.25, 0.3) is 5.69 Å². The molecule has 2 fully saturated rings. The number of nitro groups is 1. The topological polar surface area (TPSA) is 105 Å². The predicted octanol–water partition coefficient (Wildman–Crippen LogP) is 5.71. The van der Waals surface area contributed by atoms with Crippen molar-refractivity contribution in [3.63, 3.8) is 0 Å². The Morgan fingerprint density at radius 3 is 2.25 bits per heavy atom. The number of hydrogen-bond acceptors (Lipinski definition) is 6. The number of benzene rings is 2. The summed E-state index contributed by atoms with van der Waals surface area (Å²) >= 11 is 12.4. The van der Waals surface area contributed by atoms with E-state index in [-0.39, 0.29) is 16.6 Å². The smallest absolute Gasteiger partial charge is 0.269 e. The number of nitro benzene ring substituents is 1. The highest BCUT2D eigenvalue weighted by Gasteiger charge is 2.27. The summed E-state index contributed by atoms with van der Waals surface area (Å²) in [5, 5.41) is 15.7. The van der Waals surface area contributed by atoms with E-state index in [0.29, 0.717) is 22.0 Å². The van der Waals surface area contributed by atoms with E-state index in [4.69, 9.17) is 23.2 Å². The Hall–Kier alpha value is -1.91. The van der Waals surface area contributed by atoms with Crippen LogP contribution < -0.4 is 10.0 Å². The zero-order valence-electron chi connectivity index (χ0n) is 20.0. The van der Waals surface area contributed by atoms with Gasteiger partial charge >= 0.3 is 0 Å². The maximum atomic E-state index is 12.7. The van der Waals surface area contributed by atoms with E-state index in [9.17, 15) is 18.5 Å². The van der Waals surface area contributed by atoms with Gasteiger partial charge in [0.1, 0.15) is 0 Å². The van der Waals surface area contributed by atoms with Crippen LogP contribution in [0.4, 0.5) is 11.4 Å². The zero-order valence-corrected chi connectivity index (χ0v) is 22.4. The average molecular weight is 556 g/mol. The van der Waals surface area contributed by atoms with Crippen molar-refractivity contribution in [3.8, 4) is 0 Å². The number of anilines is 1. The van der Waals surface area contributed by atoms with Crippen molar-refractivity contribution in [2.45, 2.75) is 61.9 Å². The quantitative estimate of drug-likeness (QED) is 0.304. The number of piperidine rings is 1. The SMILES string of the molecule is O=[N+]([O-])c1ccc(S(=O)(=O)NC2CCC(CCN3CCC(Nc4cc(Cl)ccc4Cl)CC3)CC2)cc1. The van der Waals surface area contributed by atoms with Crippen LogP contribution in [0.3, 0.4) is 0 Å². The van der Waals surface area contributed by atoms with Gasteiger partial charge in [0.05, 0.1) is 20.5 Å². The molecular formula is C25H32Cl2N4O4S. The summed E-state index contributed by atoms with van der Waals surface area (Å²) in [6.45, 7) is 3.15. The summed E-state index contributed by atoms with van der Waals surface area (Å²) < 4.78 is 28.1. The molecular weight excluding hydrogens is 523 g/mol. The van der Waals surface area contributed by atoms with Crippen LogP contribution in [0.5, 0.6) is 0 Å². The molecule has 2 aromatic carbocycles. The third kappa shape index (κ3) is 7.32. The first kappa shape index (κ1) is 27.1. The molecule has 1 saturated carbocycles. The molecule has 2 aromatic rings. The Morgan fingerprint density at radius 2 is 1.61 bits per heavy atom. The molecule has 36 heavy (non-hydrogen) atoms. The number of nitrogens with one attached hydrogen (secondary N) is 2. The largest absolute Gasteiger partial charge is 0.381 e. The maximum absolute atomic E-state index is 12.7. The second-order valence-corrected chi connectivity index (χ2v) is 12.3. The van der Waals surface area contributed by atoms with Crippen LogP contribution in [0.25, 0.3) is 0 Å². The Kier molecular flexibility index (Phi) is 9.11. The monoisotopic (exact) mass is 554 g/mol. The normalized spacial score (nSPS) is 21.8. The lowest BCUT2D eigenvalue weighted by Crippen LogP contribution is -2.41. The summed E-state index contributed by atoms with van der Waals surface area (Å²) in [5.41, 5.74) is 0.768. The van der Waals surface area contributed by atoms with E-state index in [1.807, 2.05) is 12.1 Å². The molecule has 0 aromatic heterocycles. The highest BCUT2D eigenvalue weighted by atomic mass is 35.5. The summed E-state index contributed by atoms with van der Waals surface area (Å²) in [6.07, 6.45) is 6.85. The fraction of sp³-hybridized carbons (Fsp3) is 0.520. The van der Waals surface area contributed by atoms with Crippen molar-refractivity contribution in [2.75, 3.05) is 25.0 Å². The number of halogens is 2. The fourth-order valence-corrected chi connectivity index (χ4v) is 6.75. The molecule has 0 amide bonds. The van der Waals surface area contributed by atoms with Crippen molar-refractivity contribution in [2.24, 2.45) is 5.92 Å². The lowest BCUT2D eigenvalue weighted by Gasteiger charge is -2.35. The summed E-state index contributed by atoms with van der Waals surface area (Å²) in [4.78, 5) is 12.8. The first-order chi connectivity index (χ1) is 17.2. The molecule has 0 spiro atoms. The van der Waals surface area contributed by atoms with Gasteiger partial charge in [-0.1, -0.05) is 23.2 Å². The fourth-order valence-electron chi connectivity index (χ4n) is 5.10. The van der Waals surface area contributed by atoms with Gasteiger partial charge in [-0.25, -0.2) is 13.1 Å². The van der Waals surface area contributed by atoms with Gasteiger partial charge in [-0.15, -0.1) is 0 Å². The Balaban J connectivity index is 1.16. The van der Waals surface area contributed by atoms with Crippen LogP contribution in [0.2, 0.25) is 10.0 Å². The molecule has 4 rings (SSSR count). The number of rotatable bonds is 9. The zero-order chi connectivity index (χ0) is 25.7. The average Bonchev–Trinajstić information content (AvgIpc) is 2.86. The molecule has 0 unspecified atom stereocenters. The standard InChI is InChI=1S/C25H32Cl2N4O4S/c26-19-3-10-24(27)25(17-19)28-20-12-15-30(16-13-20)14-11-18-1-4-21(5-2-18)29-36(34,35)23-8-6-22(7-9-23)31(32)33/h3,6-10,17-18,20-21,28-29H,1-2,4-5,11-16H2. The van der Waals surface area contributed by atoms with E-state index in [0.717, 1.165) is 70.3 Å². The number of non-ortho nitro benzene ring substituents is 1. The van der Waals surface area contributed by atoms with Crippen LogP contribution in [-0.4, -0.2) is 50.0 Å². The molecule has 196 valence electrons. The first-order valence-electron chi connectivity index (χ1n) is 12.4. The van der Waals surface area contributed by atoms with Gasteiger partial charge in [-0.3, -0.25) is 10.1 Å². The summed E-state index contributed by atoms with van der Waals surface area (Å²) in [6, 6.07) is 10.8. The van der Waals surface area contributed by atoms with Crippen LogP contribution in [-0.2, 0) is 10.0 Å². The number of likely N-dealkylation sites (tertiary alicyclic amines) is 1. The molecule has 11 heteroatoms. The molecule has 1 heterocycles. The maximum Gasteiger partial charge on any atom is 0.269 e. The van der Waals surface area contributed by atoms with Crippen LogP contribution in [0, 0.1) is 16.0 Å². The lowest BCUT2D eigenvalue weighted by molar-refractivity contribution is -0.384. The predicted molar refractivity (Wildman–Crippen MR) is 143 cm³/mol. The third-order valence-electron chi connectivity index (χ3n) is 7.26. The van der Waals surface area contributed by atoms with E-state index in [2.05, 4.69) is 14.9 Å². The second kappa shape index (κ2) is 12.1. The summed E-state index contributed by atoms with van der Waals surface area (Å²) in [7, 11) is -3.68. The molecule has 1 aliphatic carbocycles. The van der Waals surface area contributed by atoms with Crippen molar-refractivity contribution in [1.29, 1.82) is 0 Å². The minimum Gasteiger partial charge on any atom is -0.381 e. The molecule has 0 bridgehead atoms. The van der Waals surface area contributed by atoms with Gasteiger partial charge in [-0.2, -0.15) is 0 Å². The Morgan fingerprint density at radius 1 is 0.944 bits per heavy atom. The molecule has 0 atom stereocenters. The highest BCUT2D eigenvalue weighted by molar-refractivity contribution is 7.89. The van der Waals surface area contributed by atoms with Gasteiger partial charge in [-0.05, 0) is 87.7 Å². The second-order valence-electron chi connectivity index (χ2n) is 9.76. The molecule has 2 aliphatic rings. The van der Waals surface area contributed by atoms with Crippen LogP contribution in [0.1, 0.15) is 44.9 Å². The molecule has 8 nitrogen and oxygen atoms in total. The molecule has 2 N–H and O–H groups in total. The van der Waals surface area contributed by atoms with Crippen LogP contribution >= 0.6 is 23.2 Å². The Bertz CT molecular complexity index is 1150. The third-order valence-corrected chi connectivity index (χ3v) is 9.36. The minimum absolute atomic E-state index is 0.0609. The summed E-state index contributed by atoms with van der Waals surface area (Å²) in [5.74, 6) is 0.603. The number of nitrogens with zero attached hydrogens (tertiary/aromatic N) is 2. The van der Waals surface area contributed by atoms with E-state index in [1.54, 1.807) is 6.07 Å². The number of sulfonamides is 1. The van der Waals surface area contributed by atoms with Gasteiger partial charge in [0.2, 0.25) is 10.0 Å². The molecule has 1 saturated heterocycles. The van der Waals surface area contributed by atoms with Crippen molar-refractivity contribution < 1.29 is 13.3 Å². The van der Waals surface area contributed by atoms with Crippen molar-refractivity contribution >= 4 is 44.6 Å². The van der Waals surface area contributed by atoms with Crippen molar-refractivity contribution in [1.82, 2.24) is 9.62 Å². The van der Waals surface area contributed by atoms with E-state index in [1.165, 1.54) is 24.3 Å². The van der Waals surface area contributed by atoms with Crippen LogP contribution in [0.15, 0.2) is 47.4 Å². The molecule has 0 radical (unpaired) electrons. The first-order valence-corrected chi connectivity index (χ1v) is 14.6. The van der Waals surface area contributed by atoms with Gasteiger partial charge in [0.15, 0.2) is 0 Å². The Labute approximate surface area is 222 Å². The highest BCUT2D eigenvalue weighted by Crippen LogP contribution is 2.30. The van der Waals surface area contributed by atoms with Gasteiger partial charge in [0, 0.05) is 42.3 Å².